The lowest BCUT2D eigenvalue weighted by Gasteiger charge is -2.05. The maximum Gasteiger partial charge on any atom is 0.354 e. The van der Waals surface area contributed by atoms with E-state index in [-0.39, 0.29) is 17.2 Å². The molecule has 0 aromatic carbocycles. The Kier molecular flexibility index (Phi) is 3.86. The number of aromatic carboxylic acids is 1. The highest BCUT2D eigenvalue weighted by Gasteiger charge is 2.13. The molecular weight excluding hydrogens is 314 g/mol. The van der Waals surface area contributed by atoms with Crippen LogP contribution in [0.5, 0.6) is 0 Å². The Morgan fingerprint density at radius 1 is 1.21 bits per heavy atom. The van der Waals surface area contributed by atoms with Crippen molar-refractivity contribution in [3.63, 3.8) is 0 Å². The Hall–Kier alpha value is -2.28. The van der Waals surface area contributed by atoms with E-state index in [0.29, 0.717) is 4.47 Å². The van der Waals surface area contributed by atoms with Crippen LogP contribution in [0.2, 0.25) is 0 Å². The van der Waals surface area contributed by atoms with E-state index in [1.807, 2.05) is 0 Å². The third-order valence-electron chi connectivity index (χ3n) is 2.18. The molecule has 2 rings (SSSR count). The molecule has 0 unspecified atom stereocenters. The van der Waals surface area contributed by atoms with Crippen LogP contribution in [0.4, 0.5) is 5.82 Å². The highest BCUT2D eigenvalue weighted by molar-refractivity contribution is 9.10. The van der Waals surface area contributed by atoms with Gasteiger partial charge in [0.15, 0.2) is 5.69 Å². The van der Waals surface area contributed by atoms with Crippen LogP contribution < -0.4 is 5.32 Å². The Balaban J connectivity index is 2.22. The number of hydrogen-bond acceptors (Lipinski definition) is 4. The number of pyridine rings is 2. The number of aromatic nitrogens is 2. The lowest BCUT2D eigenvalue weighted by molar-refractivity contribution is 0.0690. The first-order valence-corrected chi connectivity index (χ1v) is 5.99. The van der Waals surface area contributed by atoms with Crippen molar-refractivity contribution in [3.05, 3.63) is 52.4 Å². The second-order valence-electron chi connectivity index (χ2n) is 3.50. The number of carboxylic acid groups (broad SMARTS) is 1. The molecule has 2 aromatic rings. The molecule has 0 radical (unpaired) electrons. The molecule has 0 aliphatic heterocycles. The molecule has 0 atom stereocenters. The fourth-order valence-corrected chi connectivity index (χ4v) is 1.79. The topological polar surface area (TPSA) is 92.2 Å². The standard InChI is InChI=1S/C12H8BrN3O3/c13-7-3-2-6-14-10(7)11(17)16-9-5-1-4-8(15-9)12(18)19/h1-6H,(H,18,19)(H,15,16,17). The van der Waals surface area contributed by atoms with Gasteiger partial charge in [-0.05, 0) is 40.2 Å². The number of anilines is 1. The van der Waals surface area contributed by atoms with Crippen LogP contribution in [0, 0.1) is 0 Å². The zero-order valence-corrected chi connectivity index (χ0v) is 11.1. The summed E-state index contributed by atoms with van der Waals surface area (Å²) >= 11 is 3.21. The van der Waals surface area contributed by atoms with Gasteiger partial charge in [0.2, 0.25) is 0 Å². The van der Waals surface area contributed by atoms with Gasteiger partial charge in [-0.3, -0.25) is 4.79 Å². The monoisotopic (exact) mass is 321 g/mol. The number of carboxylic acids is 1. The van der Waals surface area contributed by atoms with E-state index < -0.39 is 11.9 Å². The number of hydrogen-bond donors (Lipinski definition) is 2. The molecule has 0 saturated heterocycles. The molecule has 0 saturated carbocycles. The predicted octanol–water partition coefficient (Wildman–Crippen LogP) is 2.19. The molecule has 2 aromatic heterocycles. The number of carbonyl (C=O) groups is 2. The highest BCUT2D eigenvalue weighted by atomic mass is 79.9. The van der Waals surface area contributed by atoms with Gasteiger partial charge in [0.25, 0.3) is 5.91 Å². The minimum atomic E-state index is -1.16. The van der Waals surface area contributed by atoms with E-state index >= 15 is 0 Å². The average Bonchev–Trinajstić information content (AvgIpc) is 2.39. The van der Waals surface area contributed by atoms with Gasteiger partial charge in [0.1, 0.15) is 11.5 Å². The second kappa shape index (κ2) is 5.57. The molecule has 6 nitrogen and oxygen atoms in total. The van der Waals surface area contributed by atoms with Gasteiger partial charge in [0.05, 0.1) is 0 Å². The predicted molar refractivity (Wildman–Crippen MR) is 71.1 cm³/mol. The van der Waals surface area contributed by atoms with Crippen molar-refractivity contribution >= 4 is 33.6 Å². The van der Waals surface area contributed by atoms with Gasteiger partial charge in [-0.1, -0.05) is 6.07 Å². The third kappa shape index (κ3) is 3.14. The van der Waals surface area contributed by atoms with Gasteiger partial charge < -0.3 is 10.4 Å². The van der Waals surface area contributed by atoms with Crippen molar-refractivity contribution in [2.45, 2.75) is 0 Å². The van der Waals surface area contributed by atoms with Crippen molar-refractivity contribution in [1.82, 2.24) is 9.97 Å². The van der Waals surface area contributed by atoms with Gasteiger partial charge >= 0.3 is 5.97 Å². The molecule has 7 heteroatoms. The number of amides is 1. The second-order valence-corrected chi connectivity index (χ2v) is 4.36. The summed E-state index contributed by atoms with van der Waals surface area (Å²) in [5.41, 5.74) is 0.0583. The maximum atomic E-state index is 11.9. The van der Waals surface area contributed by atoms with E-state index in [2.05, 4.69) is 31.2 Å². The number of nitrogens with one attached hydrogen (secondary N) is 1. The van der Waals surface area contributed by atoms with Crippen LogP contribution in [0.15, 0.2) is 41.0 Å². The Bertz CT molecular complexity index is 646. The molecule has 19 heavy (non-hydrogen) atoms. The van der Waals surface area contributed by atoms with Crippen LogP contribution in [0.25, 0.3) is 0 Å². The SMILES string of the molecule is O=C(O)c1cccc(NC(=O)c2ncccc2Br)n1. The Morgan fingerprint density at radius 3 is 2.68 bits per heavy atom. The van der Waals surface area contributed by atoms with Crippen molar-refractivity contribution < 1.29 is 14.7 Å². The van der Waals surface area contributed by atoms with Crippen LogP contribution >= 0.6 is 15.9 Å². The van der Waals surface area contributed by atoms with E-state index in [1.165, 1.54) is 24.4 Å². The zero-order valence-electron chi connectivity index (χ0n) is 9.50. The summed E-state index contributed by atoms with van der Waals surface area (Å²) in [4.78, 5) is 30.4. The van der Waals surface area contributed by atoms with Gasteiger partial charge in [-0.15, -0.1) is 0 Å². The molecule has 0 aliphatic rings. The zero-order chi connectivity index (χ0) is 13.8. The minimum absolute atomic E-state index is 0.141. The molecule has 2 heterocycles. The first-order valence-electron chi connectivity index (χ1n) is 5.20. The van der Waals surface area contributed by atoms with Crippen LogP contribution in [-0.4, -0.2) is 27.0 Å². The fraction of sp³-hybridized carbons (Fsp3) is 0. The summed E-state index contributed by atoms with van der Waals surface area (Å²) in [5.74, 6) is -1.47. The molecule has 0 bridgehead atoms. The van der Waals surface area contributed by atoms with Crippen molar-refractivity contribution in [1.29, 1.82) is 0 Å². The molecular formula is C12H8BrN3O3. The normalized spacial score (nSPS) is 9.95. The van der Waals surface area contributed by atoms with E-state index in [1.54, 1.807) is 12.1 Å². The lowest BCUT2D eigenvalue weighted by atomic mass is 10.3. The molecule has 0 aliphatic carbocycles. The molecule has 1 amide bonds. The molecule has 2 N–H and O–H groups in total. The van der Waals surface area contributed by atoms with Crippen LogP contribution in [0.3, 0.4) is 0 Å². The molecule has 96 valence electrons. The summed E-state index contributed by atoms with van der Waals surface area (Å²) in [6.07, 6.45) is 1.49. The number of halogens is 1. The lowest BCUT2D eigenvalue weighted by Crippen LogP contribution is -2.16. The number of nitrogens with zero attached hydrogens (tertiary/aromatic N) is 2. The van der Waals surface area contributed by atoms with E-state index in [0.717, 1.165) is 0 Å². The minimum Gasteiger partial charge on any atom is -0.477 e. The quantitative estimate of drug-likeness (QED) is 0.904. The smallest absolute Gasteiger partial charge is 0.354 e. The Morgan fingerprint density at radius 2 is 2.00 bits per heavy atom. The van der Waals surface area contributed by atoms with Gasteiger partial charge in [-0.2, -0.15) is 0 Å². The summed E-state index contributed by atoms with van der Waals surface area (Å²) < 4.78 is 0.543. The summed E-state index contributed by atoms with van der Waals surface area (Å²) in [6, 6.07) is 7.71. The van der Waals surface area contributed by atoms with E-state index in [4.69, 9.17) is 5.11 Å². The number of rotatable bonds is 3. The fourth-order valence-electron chi connectivity index (χ4n) is 1.35. The van der Waals surface area contributed by atoms with Gasteiger partial charge in [0, 0.05) is 10.7 Å². The summed E-state index contributed by atoms with van der Waals surface area (Å²) in [5, 5.41) is 11.3. The average molecular weight is 322 g/mol. The number of carbonyl (C=O) groups excluding carboxylic acids is 1. The first-order chi connectivity index (χ1) is 9.08. The first kappa shape index (κ1) is 13.2. The molecule has 0 spiro atoms. The van der Waals surface area contributed by atoms with Crippen molar-refractivity contribution in [3.8, 4) is 0 Å². The molecule has 0 fully saturated rings. The maximum absolute atomic E-state index is 11.9. The van der Waals surface area contributed by atoms with Crippen LogP contribution in [-0.2, 0) is 0 Å². The van der Waals surface area contributed by atoms with Gasteiger partial charge in [-0.25, -0.2) is 14.8 Å². The summed E-state index contributed by atoms with van der Waals surface area (Å²) in [6.45, 7) is 0. The third-order valence-corrected chi connectivity index (χ3v) is 2.82. The highest BCUT2D eigenvalue weighted by Crippen LogP contribution is 2.15. The Labute approximate surface area is 116 Å². The van der Waals surface area contributed by atoms with Crippen molar-refractivity contribution in [2.75, 3.05) is 5.32 Å². The van der Waals surface area contributed by atoms with Crippen molar-refractivity contribution in [2.24, 2.45) is 0 Å². The van der Waals surface area contributed by atoms with Crippen LogP contribution in [0.1, 0.15) is 21.0 Å². The van der Waals surface area contributed by atoms with E-state index in [9.17, 15) is 9.59 Å². The largest absolute Gasteiger partial charge is 0.477 e. The summed E-state index contributed by atoms with van der Waals surface area (Å²) in [7, 11) is 0.